The Hall–Kier alpha value is -2.37. The van der Waals surface area contributed by atoms with Crippen molar-refractivity contribution in [3.8, 4) is 0 Å². The third kappa shape index (κ3) is 3.14. The highest BCUT2D eigenvalue weighted by Crippen LogP contribution is 2.19. The Labute approximate surface area is 117 Å². The van der Waals surface area contributed by atoms with Crippen LogP contribution >= 0.6 is 0 Å². The summed E-state index contributed by atoms with van der Waals surface area (Å²) in [6, 6.07) is 3.71. The fourth-order valence-corrected chi connectivity index (χ4v) is 2.16. The second kappa shape index (κ2) is 5.73. The average molecular weight is 274 g/mol. The van der Waals surface area contributed by atoms with Crippen molar-refractivity contribution in [1.29, 1.82) is 0 Å². The van der Waals surface area contributed by atoms with Gasteiger partial charge in [0.1, 0.15) is 5.56 Å². The number of nitrogens with zero attached hydrogens (tertiary/aromatic N) is 3. The zero-order valence-corrected chi connectivity index (χ0v) is 11.8. The molecule has 106 valence electrons. The molecule has 0 fully saturated rings. The third-order valence-electron chi connectivity index (χ3n) is 3.01. The van der Waals surface area contributed by atoms with E-state index in [1.54, 1.807) is 17.7 Å². The number of hydrogen-bond donors (Lipinski definition) is 2. The molecule has 2 aromatic heterocycles. The number of pyridine rings is 1. The van der Waals surface area contributed by atoms with E-state index in [0.717, 1.165) is 17.8 Å². The Balaban J connectivity index is 2.10. The summed E-state index contributed by atoms with van der Waals surface area (Å²) in [5, 5.41) is 16.7. The summed E-state index contributed by atoms with van der Waals surface area (Å²) in [5.41, 5.74) is 3.14. The first kappa shape index (κ1) is 14.0. The van der Waals surface area contributed by atoms with E-state index in [2.05, 4.69) is 15.4 Å². The Morgan fingerprint density at radius 2 is 2.20 bits per heavy atom. The second-order valence-electron chi connectivity index (χ2n) is 4.73. The van der Waals surface area contributed by atoms with Crippen LogP contribution in [0.4, 0.5) is 5.69 Å². The van der Waals surface area contributed by atoms with Crippen molar-refractivity contribution in [2.75, 3.05) is 11.9 Å². The van der Waals surface area contributed by atoms with Crippen molar-refractivity contribution >= 4 is 11.7 Å². The zero-order valence-electron chi connectivity index (χ0n) is 11.8. The van der Waals surface area contributed by atoms with Gasteiger partial charge in [0.05, 0.1) is 17.1 Å². The number of carboxylic acid groups (broad SMARTS) is 1. The maximum atomic E-state index is 11.3. The molecule has 0 radical (unpaired) electrons. The number of aryl methyl sites for hydroxylation is 3. The summed E-state index contributed by atoms with van der Waals surface area (Å²) >= 11 is 0. The molecule has 2 heterocycles. The van der Waals surface area contributed by atoms with E-state index < -0.39 is 5.97 Å². The minimum absolute atomic E-state index is 0.233. The maximum Gasteiger partial charge on any atom is 0.339 e. The lowest BCUT2D eigenvalue weighted by Crippen LogP contribution is -2.12. The third-order valence-corrected chi connectivity index (χ3v) is 3.01. The molecule has 2 rings (SSSR count). The van der Waals surface area contributed by atoms with Gasteiger partial charge in [-0.3, -0.25) is 9.67 Å². The first-order valence-corrected chi connectivity index (χ1v) is 6.41. The number of anilines is 1. The Kier molecular flexibility index (Phi) is 4.02. The highest BCUT2D eigenvalue weighted by atomic mass is 16.4. The van der Waals surface area contributed by atoms with Crippen LogP contribution in [0.15, 0.2) is 18.3 Å². The number of nitrogens with one attached hydrogen (secondary N) is 1. The van der Waals surface area contributed by atoms with Crippen LogP contribution in [0.3, 0.4) is 0 Å². The Morgan fingerprint density at radius 1 is 1.45 bits per heavy atom. The fraction of sp³-hybridized carbons (Fsp3) is 0.357. The average Bonchev–Trinajstić information content (AvgIpc) is 2.73. The summed E-state index contributed by atoms with van der Waals surface area (Å²) in [6.07, 6.45) is 2.62. The van der Waals surface area contributed by atoms with Crippen molar-refractivity contribution in [1.82, 2.24) is 14.8 Å². The molecule has 0 unspecified atom stereocenters. The van der Waals surface area contributed by atoms with Gasteiger partial charge in [-0.2, -0.15) is 5.10 Å². The van der Waals surface area contributed by atoms with Crippen molar-refractivity contribution in [2.45, 2.75) is 20.3 Å². The molecular weight excluding hydrogens is 256 g/mol. The number of rotatable bonds is 5. The fourth-order valence-electron chi connectivity index (χ4n) is 2.16. The molecule has 0 spiro atoms. The zero-order chi connectivity index (χ0) is 14.7. The molecule has 2 aromatic rings. The van der Waals surface area contributed by atoms with E-state index in [1.165, 1.54) is 0 Å². The predicted octanol–water partition coefficient (Wildman–Crippen LogP) is 1.78. The number of carbonyl (C=O) groups is 1. The summed E-state index contributed by atoms with van der Waals surface area (Å²) in [4.78, 5) is 15.5. The number of aromatic nitrogens is 3. The molecule has 0 aromatic carbocycles. The van der Waals surface area contributed by atoms with Crippen LogP contribution < -0.4 is 5.32 Å². The number of aromatic carboxylic acids is 1. The molecule has 20 heavy (non-hydrogen) atoms. The van der Waals surface area contributed by atoms with Crippen LogP contribution in [0.1, 0.15) is 27.4 Å². The molecule has 2 N–H and O–H groups in total. The van der Waals surface area contributed by atoms with E-state index >= 15 is 0 Å². The highest BCUT2D eigenvalue weighted by Gasteiger charge is 2.15. The lowest BCUT2D eigenvalue weighted by atomic mass is 10.1. The van der Waals surface area contributed by atoms with Gasteiger partial charge in [-0.25, -0.2) is 4.79 Å². The van der Waals surface area contributed by atoms with E-state index in [-0.39, 0.29) is 5.56 Å². The topological polar surface area (TPSA) is 80.0 Å². The van der Waals surface area contributed by atoms with E-state index in [0.29, 0.717) is 17.9 Å². The molecule has 6 heteroatoms. The predicted molar refractivity (Wildman–Crippen MR) is 76.1 cm³/mol. The molecule has 0 aliphatic rings. The van der Waals surface area contributed by atoms with E-state index in [4.69, 9.17) is 0 Å². The van der Waals surface area contributed by atoms with Gasteiger partial charge in [-0.1, -0.05) is 0 Å². The quantitative estimate of drug-likeness (QED) is 0.868. The summed E-state index contributed by atoms with van der Waals surface area (Å²) < 4.78 is 1.75. The molecular formula is C14H18N4O2. The highest BCUT2D eigenvalue weighted by molar-refractivity contribution is 5.95. The lowest BCUT2D eigenvalue weighted by Gasteiger charge is -2.11. The smallest absolute Gasteiger partial charge is 0.339 e. The standard InChI is InChI=1S/C14H18N4O2/c1-9-8-12(13(14(19)20)10(2)16-9)15-6-4-11-5-7-18(3)17-11/h5,7-8H,4,6H2,1-3H3,(H,15,16)(H,19,20). The molecule has 0 aliphatic heterocycles. The van der Waals surface area contributed by atoms with Crippen molar-refractivity contribution in [3.05, 3.63) is 41.0 Å². The second-order valence-corrected chi connectivity index (χ2v) is 4.73. The molecule has 0 saturated carbocycles. The normalized spacial score (nSPS) is 10.6. The van der Waals surface area contributed by atoms with Gasteiger partial charge in [0.2, 0.25) is 0 Å². The van der Waals surface area contributed by atoms with Crippen LogP contribution in [-0.4, -0.2) is 32.4 Å². The van der Waals surface area contributed by atoms with Gasteiger partial charge in [0.25, 0.3) is 0 Å². The largest absolute Gasteiger partial charge is 0.478 e. The number of carboxylic acids is 1. The minimum atomic E-state index is -0.963. The van der Waals surface area contributed by atoms with Gasteiger partial charge in [-0.05, 0) is 26.0 Å². The minimum Gasteiger partial charge on any atom is -0.478 e. The van der Waals surface area contributed by atoms with Gasteiger partial charge in [0.15, 0.2) is 0 Å². The van der Waals surface area contributed by atoms with Gasteiger partial charge in [-0.15, -0.1) is 0 Å². The van der Waals surface area contributed by atoms with Crippen molar-refractivity contribution in [2.24, 2.45) is 7.05 Å². The molecule has 0 saturated heterocycles. The van der Waals surface area contributed by atoms with Crippen molar-refractivity contribution < 1.29 is 9.90 Å². The first-order valence-electron chi connectivity index (χ1n) is 6.41. The van der Waals surface area contributed by atoms with Crippen LogP contribution in [-0.2, 0) is 13.5 Å². The first-order chi connectivity index (χ1) is 9.47. The summed E-state index contributed by atoms with van der Waals surface area (Å²) in [7, 11) is 1.87. The Bertz CT molecular complexity index is 634. The van der Waals surface area contributed by atoms with Crippen LogP contribution in [0.2, 0.25) is 0 Å². The monoisotopic (exact) mass is 274 g/mol. The molecule has 6 nitrogen and oxygen atoms in total. The number of hydrogen-bond acceptors (Lipinski definition) is 4. The molecule has 0 bridgehead atoms. The van der Waals surface area contributed by atoms with Crippen molar-refractivity contribution in [3.63, 3.8) is 0 Å². The van der Waals surface area contributed by atoms with Gasteiger partial charge < -0.3 is 10.4 Å². The van der Waals surface area contributed by atoms with Crippen LogP contribution in [0.25, 0.3) is 0 Å². The SMILES string of the molecule is Cc1cc(NCCc2ccn(C)n2)c(C(=O)O)c(C)n1. The van der Waals surface area contributed by atoms with Crippen LogP contribution in [0, 0.1) is 13.8 Å². The van der Waals surface area contributed by atoms with Gasteiger partial charge in [0, 0.05) is 31.9 Å². The van der Waals surface area contributed by atoms with E-state index in [9.17, 15) is 9.90 Å². The van der Waals surface area contributed by atoms with E-state index in [1.807, 2.05) is 26.2 Å². The molecule has 0 amide bonds. The van der Waals surface area contributed by atoms with Crippen LogP contribution in [0.5, 0.6) is 0 Å². The molecule has 0 atom stereocenters. The molecule has 0 aliphatic carbocycles. The summed E-state index contributed by atoms with van der Waals surface area (Å²) in [5.74, 6) is -0.963. The lowest BCUT2D eigenvalue weighted by molar-refractivity contribution is 0.0696. The Morgan fingerprint density at radius 3 is 2.80 bits per heavy atom. The summed E-state index contributed by atoms with van der Waals surface area (Å²) in [6.45, 7) is 4.18. The maximum absolute atomic E-state index is 11.3. The van der Waals surface area contributed by atoms with Gasteiger partial charge >= 0.3 is 5.97 Å².